The molecule has 1 N–H and O–H groups in total. The average Bonchev–Trinajstić information content (AvgIpc) is 3.03. The van der Waals surface area contributed by atoms with Gasteiger partial charge in [-0.1, -0.05) is 42.5 Å². The molecule has 5 heteroatoms. The molecule has 0 aliphatic rings. The Morgan fingerprint density at radius 1 is 1.08 bits per heavy atom. The van der Waals surface area contributed by atoms with E-state index in [4.69, 9.17) is 0 Å². The Hall–Kier alpha value is -2.53. The Morgan fingerprint density at radius 2 is 1.83 bits per heavy atom. The maximum atomic E-state index is 12.3. The molecule has 0 spiro atoms. The predicted molar refractivity (Wildman–Crippen MR) is 99.4 cm³/mol. The molecule has 2 aromatic carbocycles. The van der Waals surface area contributed by atoms with Crippen molar-refractivity contribution in [1.82, 2.24) is 9.78 Å². The molecule has 3 aromatic rings. The molecule has 122 valence electrons. The van der Waals surface area contributed by atoms with Gasteiger partial charge in [0.15, 0.2) is 0 Å². The molecule has 0 saturated heterocycles. The number of thioether (sulfide) groups is 1. The number of carbonyl (C=O) groups is 1. The average molecular weight is 337 g/mol. The zero-order chi connectivity index (χ0) is 16.8. The Labute approximate surface area is 145 Å². The van der Waals surface area contributed by atoms with E-state index in [9.17, 15) is 4.79 Å². The fourth-order valence-corrected chi connectivity index (χ4v) is 2.93. The van der Waals surface area contributed by atoms with Gasteiger partial charge in [0.25, 0.3) is 5.91 Å². The molecule has 24 heavy (non-hydrogen) atoms. The van der Waals surface area contributed by atoms with Crippen LogP contribution in [-0.4, -0.2) is 21.9 Å². The van der Waals surface area contributed by atoms with Gasteiger partial charge < -0.3 is 5.32 Å². The topological polar surface area (TPSA) is 46.9 Å². The van der Waals surface area contributed by atoms with E-state index < -0.39 is 0 Å². The van der Waals surface area contributed by atoms with E-state index in [1.54, 1.807) is 18.0 Å². The van der Waals surface area contributed by atoms with Gasteiger partial charge in [-0.2, -0.15) is 16.9 Å². The number of nitrogens with one attached hydrogen (secondary N) is 1. The van der Waals surface area contributed by atoms with E-state index in [2.05, 4.69) is 28.8 Å². The minimum Gasteiger partial charge on any atom is -0.319 e. The summed E-state index contributed by atoms with van der Waals surface area (Å²) in [5.74, 6) is 0.832. The van der Waals surface area contributed by atoms with Crippen LogP contribution in [0.15, 0.2) is 67.0 Å². The van der Waals surface area contributed by atoms with E-state index in [-0.39, 0.29) is 5.91 Å². The van der Waals surface area contributed by atoms with Crippen LogP contribution in [0, 0.1) is 0 Å². The van der Waals surface area contributed by atoms with Crippen LogP contribution in [0.1, 0.15) is 21.5 Å². The summed E-state index contributed by atoms with van der Waals surface area (Å²) >= 11 is 1.76. The second-order valence-corrected chi connectivity index (χ2v) is 6.36. The van der Waals surface area contributed by atoms with Crippen molar-refractivity contribution in [3.05, 3.63) is 83.7 Å². The molecule has 0 aliphatic carbocycles. The quantitative estimate of drug-likeness (QED) is 0.738. The number of carbonyl (C=O) groups excluding carboxylic acids is 1. The van der Waals surface area contributed by atoms with Crippen LogP contribution in [0.25, 0.3) is 0 Å². The van der Waals surface area contributed by atoms with Crippen LogP contribution >= 0.6 is 11.8 Å². The Balaban J connectivity index is 1.62. The number of hydrogen-bond acceptors (Lipinski definition) is 3. The van der Waals surface area contributed by atoms with Crippen molar-refractivity contribution < 1.29 is 4.79 Å². The third-order valence-electron chi connectivity index (χ3n) is 3.61. The largest absolute Gasteiger partial charge is 0.319 e. The normalized spacial score (nSPS) is 10.5. The fraction of sp³-hybridized carbons (Fsp3) is 0.158. The lowest BCUT2D eigenvalue weighted by atomic mass is 10.1. The van der Waals surface area contributed by atoms with Crippen molar-refractivity contribution in [3.8, 4) is 0 Å². The lowest BCUT2D eigenvalue weighted by Crippen LogP contribution is -2.11. The Kier molecular flexibility index (Phi) is 5.33. The van der Waals surface area contributed by atoms with Gasteiger partial charge in [-0.15, -0.1) is 0 Å². The molecule has 1 amide bonds. The molecule has 0 atom stereocenters. The predicted octanol–water partition coefficient (Wildman–Crippen LogP) is 4.05. The van der Waals surface area contributed by atoms with Crippen molar-refractivity contribution in [3.63, 3.8) is 0 Å². The third kappa shape index (κ3) is 4.26. The highest BCUT2D eigenvalue weighted by Crippen LogP contribution is 2.13. The molecule has 3 rings (SSSR count). The van der Waals surface area contributed by atoms with E-state index in [1.807, 2.05) is 53.3 Å². The highest BCUT2D eigenvalue weighted by molar-refractivity contribution is 7.97. The molecule has 0 fully saturated rings. The lowest BCUT2D eigenvalue weighted by Gasteiger charge is -2.04. The number of anilines is 1. The van der Waals surface area contributed by atoms with E-state index in [0.29, 0.717) is 17.8 Å². The molecular weight excluding hydrogens is 318 g/mol. The summed E-state index contributed by atoms with van der Waals surface area (Å²) in [5.41, 5.74) is 3.73. The number of amides is 1. The fourth-order valence-electron chi connectivity index (χ4n) is 2.41. The standard InChI is InChI=1S/C19H19N3OS/c1-24-14-16-7-9-17(10-8-16)19(23)21-18-11-20-22(13-18)12-15-5-3-2-4-6-15/h2-11,13H,12,14H2,1H3,(H,21,23). The van der Waals surface area contributed by atoms with Crippen LogP contribution in [0.5, 0.6) is 0 Å². The number of benzene rings is 2. The second kappa shape index (κ2) is 7.84. The first-order chi connectivity index (χ1) is 11.7. The van der Waals surface area contributed by atoms with Crippen LogP contribution in [0.4, 0.5) is 5.69 Å². The van der Waals surface area contributed by atoms with Gasteiger partial charge in [-0.3, -0.25) is 9.48 Å². The molecule has 0 radical (unpaired) electrons. The van der Waals surface area contributed by atoms with Crippen LogP contribution in [-0.2, 0) is 12.3 Å². The van der Waals surface area contributed by atoms with Gasteiger partial charge in [0, 0.05) is 17.5 Å². The number of nitrogens with zero attached hydrogens (tertiary/aromatic N) is 2. The number of rotatable bonds is 6. The van der Waals surface area contributed by atoms with Gasteiger partial charge in [0.05, 0.1) is 18.4 Å². The molecule has 1 heterocycles. The Morgan fingerprint density at radius 3 is 2.54 bits per heavy atom. The van der Waals surface area contributed by atoms with Gasteiger partial charge in [-0.05, 0) is 29.5 Å². The molecule has 0 bridgehead atoms. The molecule has 0 aliphatic heterocycles. The molecule has 0 saturated carbocycles. The summed E-state index contributed by atoms with van der Waals surface area (Å²) in [6, 6.07) is 17.8. The number of aromatic nitrogens is 2. The van der Waals surface area contributed by atoms with Crippen molar-refractivity contribution >= 4 is 23.4 Å². The van der Waals surface area contributed by atoms with Gasteiger partial charge in [0.1, 0.15) is 0 Å². The summed E-state index contributed by atoms with van der Waals surface area (Å²) in [6.07, 6.45) is 5.57. The van der Waals surface area contributed by atoms with Crippen molar-refractivity contribution in [2.45, 2.75) is 12.3 Å². The first kappa shape index (κ1) is 16.3. The van der Waals surface area contributed by atoms with Crippen LogP contribution in [0.2, 0.25) is 0 Å². The Bertz CT molecular complexity index is 797. The lowest BCUT2D eigenvalue weighted by molar-refractivity contribution is 0.102. The summed E-state index contributed by atoms with van der Waals surface area (Å²) < 4.78 is 1.81. The van der Waals surface area contributed by atoms with Crippen LogP contribution < -0.4 is 5.32 Å². The van der Waals surface area contributed by atoms with Gasteiger partial charge >= 0.3 is 0 Å². The minimum absolute atomic E-state index is 0.120. The summed E-state index contributed by atoms with van der Waals surface area (Å²) in [7, 11) is 0. The monoisotopic (exact) mass is 337 g/mol. The van der Waals surface area contributed by atoms with E-state index >= 15 is 0 Å². The third-order valence-corrected chi connectivity index (χ3v) is 4.23. The molecular formula is C19H19N3OS. The smallest absolute Gasteiger partial charge is 0.255 e. The van der Waals surface area contributed by atoms with E-state index in [1.165, 1.54) is 11.1 Å². The second-order valence-electron chi connectivity index (χ2n) is 5.50. The van der Waals surface area contributed by atoms with Crippen molar-refractivity contribution in [1.29, 1.82) is 0 Å². The minimum atomic E-state index is -0.120. The summed E-state index contributed by atoms with van der Waals surface area (Å²) in [5, 5.41) is 7.18. The highest BCUT2D eigenvalue weighted by atomic mass is 32.2. The van der Waals surface area contributed by atoms with Crippen molar-refractivity contribution in [2.24, 2.45) is 0 Å². The molecule has 1 aromatic heterocycles. The first-order valence-electron chi connectivity index (χ1n) is 7.70. The SMILES string of the molecule is CSCc1ccc(C(=O)Nc2cnn(Cc3ccccc3)c2)cc1. The zero-order valence-corrected chi connectivity index (χ0v) is 14.3. The zero-order valence-electron chi connectivity index (χ0n) is 13.5. The summed E-state index contributed by atoms with van der Waals surface area (Å²) in [4.78, 5) is 12.3. The summed E-state index contributed by atoms with van der Waals surface area (Å²) in [6.45, 7) is 0.681. The van der Waals surface area contributed by atoms with Crippen molar-refractivity contribution in [2.75, 3.05) is 11.6 Å². The maximum absolute atomic E-state index is 12.3. The molecule has 4 nitrogen and oxygen atoms in total. The first-order valence-corrected chi connectivity index (χ1v) is 9.09. The van der Waals surface area contributed by atoms with E-state index in [0.717, 1.165) is 5.75 Å². The number of hydrogen-bond donors (Lipinski definition) is 1. The van der Waals surface area contributed by atoms with Gasteiger partial charge in [-0.25, -0.2) is 0 Å². The highest BCUT2D eigenvalue weighted by Gasteiger charge is 2.08. The molecule has 0 unspecified atom stereocenters. The van der Waals surface area contributed by atoms with Gasteiger partial charge in [0.2, 0.25) is 0 Å². The van der Waals surface area contributed by atoms with Crippen LogP contribution in [0.3, 0.4) is 0 Å². The maximum Gasteiger partial charge on any atom is 0.255 e.